The molecular weight excluding hydrogens is 572 g/mol. The van der Waals surface area contributed by atoms with Crippen LogP contribution in [0.2, 0.25) is 0 Å². The Hall–Kier alpha value is -3.88. The molecule has 0 saturated carbocycles. The van der Waals surface area contributed by atoms with Gasteiger partial charge < -0.3 is 19.8 Å². The van der Waals surface area contributed by atoms with E-state index in [0.29, 0.717) is 23.1 Å². The van der Waals surface area contributed by atoms with E-state index in [1.54, 1.807) is 30.3 Å². The smallest absolute Gasteiger partial charge is 0.320 e. The highest BCUT2D eigenvalue weighted by Gasteiger charge is 2.38. The molecule has 0 bridgehead atoms. The lowest BCUT2D eigenvalue weighted by atomic mass is 9.71. The number of anilines is 1. The number of thiophene rings is 1. The van der Waals surface area contributed by atoms with Crippen LogP contribution in [0.15, 0.2) is 66.7 Å². The van der Waals surface area contributed by atoms with Crippen molar-refractivity contribution in [2.24, 2.45) is 5.41 Å². The van der Waals surface area contributed by atoms with Crippen LogP contribution in [0, 0.1) is 5.41 Å². The van der Waals surface area contributed by atoms with Gasteiger partial charge in [0, 0.05) is 44.9 Å². The molecule has 0 atom stereocenters. The lowest BCUT2D eigenvalue weighted by molar-refractivity contribution is -0.156. The molecule has 2 saturated heterocycles. The van der Waals surface area contributed by atoms with E-state index >= 15 is 0 Å². The van der Waals surface area contributed by atoms with Gasteiger partial charge in [-0.05, 0) is 137 Å². The number of nitrogens with zero attached hydrogens (tertiary/aromatic N) is 2. The van der Waals surface area contributed by atoms with E-state index in [9.17, 15) is 19.8 Å². The normalized spacial score (nSPS) is 17.2. The number of benzene rings is 3. The topological polar surface area (TPSA) is 90.3 Å². The van der Waals surface area contributed by atoms with Gasteiger partial charge in [0.15, 0.2) is 5.78 Å². The summed E-state index contributed by atoms with van der Waals surface area (Å²) < 4.78 is 6.35. The highest BCUT2D eigenvalue weighted by molar-refractivity contribution is 7.22. The van der Waals surface area contributed by atoms with E-state index in [1.165, 1.54) is 11.3 Å². The summed E-state index contributed by atoms with van der Waals surface area (Å²) in [4.78, 5) is 31.7. The predicted octanol–water partition coefficient (Wildman–Crippen LogP) is 7.23. The number of likely N-dealkylation sites (tertiary alicyclic amines) is 1. The second-order valence-corrected chi connectivity index (χ2v) is 14.3. The number of phenols is 2. The summed E-state index contributed by atoms with van der Waals surface area (Å²) in [7, 11) is 0. The largest absolute Gasteiger partial charge is 0.508 e. The number of aromatic hydroxyl groups is 2. The Morgan fingerprint density at radius 1 is 0.841 bits per heavy atom. The minimum atomic E-state index is -0.452. The number of esters is 1. The Kier molecular flexibility index (Phi) is 8.16. The van der Waals surface area contributed by atoms with E-state index < -0.39 is 5.60 Å². The lowest BCUT2D eigenvalue weighted by Gasteiger charge is -2.47. The van der Waals surface area contributed by atoms with Crippen molar-refractivity contribution in [3.8, 4) is 21.9 Å². The maximum absolute atomic E-state index is 14.0. The summed E-state index contributed by atoms with van der Waals surface area (Å²) >= 11 is 1.46. The van der Waals surface area contributed by atoms with E-state index in [4.69, 9.17) is 4.74 Å². The summed E-state index contributed by atoms with van der Waals surface area (Å²) in [6.45, 7) is 9.89. The molecule has 2 fully saturated rings. The van der Waals surface area contributed by atoms with Crippen molar-refractivity contribution in [2.75, 3.05) is 37.6 Å². The van der Waals surface area contributed by atoms with Gasteiger partial charge in [-0.2, -0.15) is 0 Å². The number of piperidine rings is 2. The molecule has 3 aromatic carbocycles. The van der Waals surface area contributed by atoms with Crippen LogP contribution >= 0.6 is 11.3 Å². The van der Waals surface area contributed by atoms with Gasteiger partial charge in [-0.1, -0.05) is 0 Å². The molecule has 2 aliphatic rings. The molecule has 0 unspecified atom stereocenters. The Labute approximate surface area is 262 Å². The third kappa shape index (κ3) is 6.47. The molecule has 4 aromatic rings. The monoisotopic (exact) mass is 612 g/mol. The molecule has 0 radical (unpaired) electrons. The van der Waals surface area contributed by atoms with Crippen molar-refractivity contribution < 1.29 is 24.5 Å². The van der Waals surface area contributed by atoms with E-state index in [0.717, 1.165) is 78.1 Å². The van der Waals surface area contributed by atoms with Gasteiger partial charge in [0.2, 0.25) is 0 Å². The molecule has 6 rings (SSSR count). The van der Waals surface area contributed by atoms with Crippen molar-refractivity contribution in [2.45, 2.75) is 52.1 Å². The van der Waals surface area contributed by atoms with E-state index in [1.807, 2.05) is 45.0 Å². The number of fused-ring (bicyclic) bond motifs is 1. The standard InChI is InChI=1S/C36H40N2O5S/c1-35(2,3)43-31(41)23-37-18-14-36(15-19-37)16-20-38(21-17-36)26-8-4-24(5-9-26)33(42)32-29-13-12-28(40)22-30(29)44-34(32)25-6-10-27(39)11-7-25/h4-13,22,39-40H,14-21,23H2,1-3H3. The highest BCUT2D eigenvalue weighted by atomic mass is 32.1. The zero-order valence-corrected chi connectivity index (χ0v) is 26.5. The third-order valence-corrected chi connectivity index (χ3v) is 10.2. The number of carbonyl (C=O) groups excluding carboxylic acids is 2. The third-order valence-electron chi connectivity index (χ3n) is 9.04. The number of rotatable bonds is 6. The van der Waals surface area contributed by atoms with Crippen LogP contribution in [-0.2, 0) is 9.53 Å². The van der Waals surface area contributed by atoms with Crippen molar-refractivity contribution in [3.05, 3.63) is 77.9 Å². The Balaban J connectivity index is 1.12. The summed E-state index contributed by atoms with van der Waals surface area (Å²) in [5.41, 5.74) is 3.08. The molecule has 8 heteroatoms. The minimum Gasteiger partial charge on any atom is -0.508 e. The molecular formula is C36H40N2O5S. The molecule has 1 aromatic heterocycles. The first-order valence-corrected chi connectivity index (χ1v) is 16.2. The van der Waals surface area contributed by atoms with Crippen molar-refractivity contribution in [1.29, 1.82) is 0 Å². The minimum absolute atomic E-state index is 0.0627. The fourth-order valence-corrected chi connectivity index (χ4v) is 7.81. The van der Waals surface area contributed by atoms with Crippen LogP contribution in [0.4, 0.5) is 5.69 Å². The Morgan fingerprint density at radius 3 is 2.09 bits per heavy atom. The molecule has 7 nitrogen and oxygen atoms in total. The van der Waals surface area contributed by atoms with Crippen LogP contribution in [0.5, 0.6) is 11.5 Å². The number of phenolic OH excluding ortho intramolecular Hbond substituents is 2. The average molecular weight is 613 g/mol. The fraction of sp³-hybridized carbons (Fsp3) is 0.389. The van der Waals surface area contributed by atoms with Crippen LogP contribution in [0.3, 0.4) is 0 Å². The molecule has 1 spiro atoms. The molecule has 2 aliphatic heterocycles. The molecule has 2 N–H and O–H groups in total. The number of ketones is 1. The van der Waals surface area contributed by atoms with Crippen molar-refractivity contribution in [3.63, 3.8) is 0 Å². The Morgan fingerprint density at radius 2 is 1.45 bits per heavy atom. The molecule has 44 heavy (non-hydrogen) atoms. The number of ether oxygens (including phenoxy) is 1. The quantitative estimate of drug-likeness (QED) is 0.175. The van der Waals surface area contributed by atoms with Crippen LogP contribution < -0.4 is 4.90 Å². The SMILES string of the molecule is CC(C)(C)OC(=O)CN1CCC2(CC1)CCN(c1ccc(C(=O)c3c(-c4ccc(O)cc4)sc4cc(O)ccc34)cc1)CC2. The van der Waals surface area contributed by atoms with Gasteiger partial charge in [0.05, 0.1) is 6.54 Å². The highest BCUT2D eigenvalue weighted by Crippen LogP contribution is 2.43. The van der Waals surface area contributed by atoms with Gasteiger partial charge in [0.1, 0.15) is 17.1 Å². The van der Waals surface area contributed by atoms with Gasteiger partial charge in [-0.3, -0.25) is 14.5 Å². The first kappa shape index (κ1) is 30.2. The molecule has 3 heterocycles. The van der Waals surface area contributed by atoms with Crippen molar-refractivity contribution in [1.82, 2.24) is 4.90 Å². The van der Waals surface area contributed by atoms with E-state index in [-0.39, 0.29) is 23.3 Å². The molecule has 0 aliphatic carbocycles. The van der Waals surface area contributed by atoms with Gasteiger partial charge in [-0.15, -0.1) is 11.3 Å². The maximum Gasteiger partial charge on any atom is 0.320 e. The zero-order chi connectivity index (χ0) is 31.1. The first-order valence-electron chi connectivity index (χ1n) is 15.4. The summed E-state index contributed by atoms with van der Waals surface area (Å²) in [6, 6.07) is 19.9. The van der Waals surface area contributed by atoms with Gasteiger partial charge in [0.25, 0.3) is 0 Å². The average Bonchev–Trinajstić information content (AvgIpc) is 3.36. The van der Waals surface area contributed by atoms with Crippen LogP contribution in [0.1, 0.15) is 62.4 Å². The maximum atomic E-state index is 14.0. The fourth-order valence-electron chi connectivity index (χ4n) is 6.58. The van der Waals surface area contributed by atoms with Gasteiger partial charge in [-0.25, -0.2) is 0 Å². The van der Waals surface area contributed by atoms with Gasteiger partial charge >= 0.3 is 5.97 Å². The second-order valence-electron chi connectivity index (χ2n) is 13.3. The summed E-state index contributed by atoms with van der Waals surface area (Å²) in [6.07, 6.45) is 4.45. The van der Waals surface area contributed by atoms with Crippen LogP contribution in [-0.4, -0.2) is 65.2 Å². The summed E-state index contributed by atoms with van der Waals surface area (Å²) in [5.74, 6) is 0.123. The molecule has 230 valence electrons. The lowest BCUT2D eigenvalue weighted by Crippen LogP contribution is -2.48. The number of hydrogen-bond donors (Lipinski definition) is 2. The van der Waals surface area contributed by atoms with E-state index in [2.05, 4.69) is 21.9 Å². The van der Waals surface area contributed by atoms with Crippen LogP contribution in [0.25, 0.3) is 20.5 Å². The number of carbonyl (C=O) groups is 2. The number of hydrogen-bond acceptors (Lipinski definition) is 8. The molecule has 0 amide bonds. The first-order chi connectivity index (χ1) is 21.0. The Bertz CT molecular complexity index is 1650. The zero-order valence-electron chi connectivity index (χ0n) is 25.6. The second kappa shape index (κ2) is 11.9. The summed E-state index contributed by atoms with van der Waals surface area (Å²) in [5, 5.41) is 20.7. The van der Waals surface area contributed by atoms with Crippen molar-refractivity contribution >= 4 is 38.9 Å². The predicted molar refractivity (Wildman–Crippen MR) is 176 cm³/mol.